The van der Waals surface area contributed by atoms with Gasteiger partial charge in [0.05, 0.1) is 5.25 Å². The number of nitrogens with zero attached hydrogens (tertiary/aromatic N) is 5. The summed E-state index contributed by atoms with van der Waals surface area (Å²) in [4.78, 5) is 0. The fraction of sp³-hybridized carbons (Fsp3) is 0.158. The van der Waals surface area contributed by atoms with Gasteiger partial charge in [0.25, 0.3) is 0 Å². The summed E-state index contributed by atoms with van der Waals surface area (Å²) >= 11 is 7.47. The molecule has 6 nitrogen and oxygen atoms in total. The Morgan fingerprint density at radius 2 is 1.67 bits per heavy atom. The molecule has 2 heterocycles. The van der Waals surface area contributed by atoms with E-state index in [1.807, 2.05) is 73.1 Å². The summed E-state index contributed by atoms with van der Waals surface area (Å²) in [6, 6.07) is 17.2. The van der Waals surface area contributed by atoms with Gasteiger partial charge in [0, 0.05) is 23.2 Å². The fourth-order valence-electron chi connectivity index (χ4n) is 2.57. The van der Waals surface area contributed by atoms with Crippen LogP contribution in [0.3, 0.4) is 0 Å². The third-order valence-corrected chi connectivity index (χ3v) is 5.40. The lowest BCUT2D eigenvalue weighted by Gasteiger charge is -2.07. The van der Waals surface area contributed by atoms with Gasteiger partial charge in [0.1, 0.15) is 0 Å². The Balaban J connectivity index is 1.53. The molecule has 136 valence electrons. The first kappa shape index (κ1) is 17.8. The van der Waals surface area contributed by atoms with Crippen molar-refractivity contribution in [1.82, 2.24) is 25.0 Å². The van der Waals surface area contributed by atoms with Crippen LogP contribution in [0.25, 0.3) is 22.8 Å². The number of benzene rings is 2. The van der Waals surface area contributed by atoms with Crippen molar-refractivity contribution < 1.29 is 4.42 Å². The number of hydrogen-bond donors (Lipinski definition) is 0. The second-order valence-corrected chi connectivity index (χ2v) is 7.69. The molecule has 2 aromatic heterocycles. The van der Waals surface area contributed by atoms with Crippen molar-refractivity contribution in [1.29, 1.82) is 0 Å². The quantitative estimate of drug-likeness (QED) is 0.439. The summed E-state index contributed by atoms with van der Waals surface area (Å²) in [6.45, 7) is 2.00. The van der Waals surface area contributed by atoms with Gasteiger partial charge in [-0.15, -0.1) is 20.4 Å². The monoisotopic (exact) mass is 397 g/mol. The molecule has 0 bridgehead atoms. The predicted octanol–water partition coefficient (Wildman–Crippen LogP) is 5.04. The molecule has 0 aliphatic heterocycles. The van der Waals surface area contributed by atoms with Gasteiger partial charge in [0.15, 0.2) is 11.0 Å². The molecule has 0 aliphatic rings. The summed E-state index contributed by atoms with van der Waals surface area (Å²) in [5.74, 6) is 1.84. The van der Waals surface area contributed by atoms with Crippen LogP contribution in [0.5, 0.6) is 0 Å². The molecule has 0 aliphatic carbocycles. The van der Waals surface area contributed by atoms with Crippen molar-refractivity contribution in [2.45, 2.75) is 17.3 Å². The maximum atomic E-state index is 5.96. The van der Waals surface area contributed by atoms with E-state index in [1.54, 1.807) is 0 Å². The fourth-order valence-corrected chi connectivity index (χ4v) is 3.54. The highest BCUT2D eigenvalue weighted by atomic mass is 35.5. The Hall–Kier alpha value is -2.64. The highest BCUT2D eigenvalue weighted by Gasteiger charge is 2.20. The van der Waals surface area contributed by atoms with Crippen LogP contribution in [0.15, 0.2) is 64.2 Å². The lowest BCUT2D eigenvalue weighted by molar-refractivity contribution is 0.508. The zero-order chi connectivity index (χ0) is 18.8. The molecule has 0 saturated heterocycles. The van der Waals surface area contributed by atoms with Crippen molar-refractivity contribution in [2.75, 3.05) is 0 Å². The molecule has 0 amide bonds. The first-order valence-corrected chi connectivity index (χ1v) is 9.58. The molecule has 0 fully saturated rings. The molecule has 0 radical (unpaired) electrons. The molecule has 0 N–H and O–H groups in total. The molecule has 4 aromatic rings. The number of hydrogen-bond acceptors (Lipinski definition) is 6. The van der Waals surface area contributed by atoms with Crippen LogP contribution in [0.1, 0.15) is 18.1 Å². The third kappa shape index (κ3) is 3.74. The van der Waals surface area contributed by atoms with E-state index in [0.717, 1.165) is 22.1 Å². The summed E-state index contributed by atoms with van der Waals surface area (Å²) in [5, 5.41) is 18.3. The van der Waals surface area contributed by atoms with Crippen LogP contribution >= 0.6 is 23.4 Å². The molecule has 4 rings (SSSR count). The second-order valence-electron chi connectivity index (χ2n) is 5.94. The lowest BCUT2D eigenvalue weighted by atomic mass is 10.2. The second kappa shape index (κ2) is 7.54. The molecule has 2 aromatic carbocycles. The maximum Gasteiger partial charge on any atom is 0.247 e. The van der Waals surface area contributed by atoms with Crippen molar-refractivity contribution in [2.24, 2.45) is 7.05 Å². The lowest BCUT2D eigenvalue weighted by Crippen LogP contribution is -1.97. The molecular formula is C19H16ClN5OS. The summed E-state index contributed by atoms with van der Waals surface area (Å²) in [5.41, 5.74) is 1.86. The molecular weight excluding hydrogens is 382 g/mol. The molecule has 0 spiro atoms. The van der Waals surface area contributed by atoms with Crippen LogP contribution in [0.2, 0.25) is 5.02 Å². The van der Waals surface area contributed by atoms with E-state index in [4.69, 9.17) is 16.0 Å². The number of rotatable bonds is 5. The smallest absolute Gasteiger partial charge is 0.247 e. The van der Waals surface area contributed by atoms with Crippen molar-refractivity contribution in [3.05, 3.63) is 65.5 Å². The van der Waals surface area contributed by atoms with E-state index in [1.165, 1.54) is 11.8 Å². The van der Waals surface area contributed by atoms with Crippen LogP contribution in [0.4, 0.5) is 0 Å². The zero-order valence-corrected chi connectivity index (χ0v) is 16.3. The minimum Gasteiger partial charge on any atom is -0.419 e. The van der Waals surface area contributed by atoms with Crippen molar-refractivity contribution in [3.63, 3.8) is 0 Å². The molecule has 27 heavy (non-hydrogen) atoms. The first-order chi connectivity index (χ1) is 13.1. The highest BCUT2D eigenvalue weighted by molar-refractivity contribution is 7.99. The van der Waals surface area contributed by atoms with Gasteiger partial charge in [-0.3, -0.25) is 0 Å². The zero-order valence-electron chi connectivity index (χ0n) is 14.7. The Labute approximate surface area is 165 Å². The number of aromatic nitrogens is 5. The molecule has 1 unspecified atom stereocenters. The predicted molar refractivity (Wildman–Crippen MR) is 105 cm³/mol. The number of halogens is 1. The normalized spacial score (nSPS) is 12.3. The number of thioether (sulfide) groups is 1. The van der Waals surface area contributed by atoms with Gasteiger partial charge in [-0.25, -0.2) is 0 Å². The van der Waals surface area contributed by atoms with Gasteiger partial charge in [-0.1, -0.05) is 41.6 Å². The van der Waals surface area contributed by atoms with Gasteiger partial charge in [-0.05, 0) is 43.3 Å². The van der Waals surface area contributed by atoms with E-state index >= 15 is 0 Å². The van der Waals surface area contributed by atoms with E-state index in [9.17, 15) is 0 Å². The molecule has 0 saturated carbocycles. The van der Waals surface area contributed by atoms with Gasteiger partial charge in [0.2, 0.25) is 11.8 Å². The highest BCUT2D eigenvalue weighted by Crippen LogP contribution is 2.35. The average Bonchev–Trinajstić information content (AvgIpc) is 3.31. The van der Waals surface area contributed by atoms with E-state index < -0.39 is 0 Å². The summed E-state index contributed by atoms with van der Waals surface area (Å²) < 4.78 is 7.78. The standard InChI is InChI=1S/C19H16ClN5OS/c1-12(17-22-23-18(26-17)14-6-4-3-5-7-14)27-19-24-21-16(25(19)2)13-8-10-15(20)11-9-13/h3-12H,1-2H3. The minimum absolute atomic E-state index is 0.0593. The Kier molecular flexibility index (Phi) is 4.96. The minimum atomic E-state index is -0.0593. The Bertz CT molecular complexity index is 1050. The van der Waals surface area contributed by atoms with Gasteiger partial charge < -0.3 is 8.98 Å². The SMILES string of the molecule is CC(Sc1nnc(-c2ccc(Cl)cc2)n1C)c1nnc(-c2ccccc2)o1. The molecule has 1 atom stereocenters. The van der Waals surface area contributed by atoms with Crippen molar-refractivity contribution in [3.8, 4) is 22.8 Å². The van der Waals surface area contributed by atoms with Gasteiger partial charge in [-0.2, -0.15) is 0 Å². The Morgan fingerprint density at radius 1 is 0.926 bits per heavy atom. The van der Waals surface area contributed by atoms with Crippen LogP contribution < -0.4 is 0 Å². The first-order valence-electron chi connectivity index (χ1n) is 8.32. The van der Waals surface area contributed by atoms with E-state index in [-0.39, 0.29) is 5.25 Å². The van der Waals surface area contributed by atoms with Crippen LogP contribution in [0, 0.1) is 0 Å². The average molecular weight is 398 g/mol. The molecule has 8 heteroatoms. The van der Waals surface area contributed by atoms with E-state index in [2.05, 4.69) is 20.4 Å². The van der Waals surface area contributed by atoms with Crippen molar-refractivity contribution >= 4 is 23.4 Å². The topological polar surface area (TPSA) is 69.6 Å². The van der Waals surface area contributed by atoms with Gasteiger partial charge >= 0.3 is 0 Å². The third-order valence-electron chi connectivity index (χ3n) is 4.03. The van der Waals surface area contributed by atoms with Crippen LogP contribution in [-0.2, 0) is 7.05 Å². The Morgan fingerprint density at radius 3 is 2.41 bits per heavy atom. The van der Waals surface area contributed by atoms with Crippen LogP contribution in [-0.4, -0.2) is 25.0 Å². The summed E-state index contributed by atoms with van der Waals surface area (Å²) in [6.07, 6.45) is 0. The largest absolute Gasteiger partial charge is 0.419 e. The van der Waals surface area contributed by atoms with E-state index in [0.29, 0.717) is 16.8 Å². The maximum absolute atomic E-state index is 5.96. The summed E-state index contributed by atoms with van der Waals surface area (Å²) in [7, 11) is 1.93.